The van der Waals surface area contributed by atoms with Crippen molar-refractivity contribution in [2.24, 2.45) is 0 Å². The lowest BCUT2D eigenvalue weighted by molar-refractivity contribution is -0.394. The minimum absolute atomic E-state index is 0.0605. The molecule has 15 heteroatoms. The van der Waals surface area contributed by atoms with E-state index in [1.165, 1.54) is 0 Å². The van der Waals surface area contributed by atoms with Crippen LogP contribution in [0.4, 0.5) is 41.6 Å². The van der Waals surface area contributed by atoms with Crippen molar-refractivity contribution < 1.29 is 27.9 Å². The van der Waals surface area contributed by atoms with Gasteiger partial charge in [-0.1, -0.05) is 23.2 Å². The molecule has 2 aromatic rings. The molecule has 0 unspecified atom stereocenters. The van der Waals surface area contributed by atoms with E-state index in [2.05, 4.69) is 0 Å². The Morgan fingerprint density at radius 1 is 0.821 bits per heavy atom. The summed E-state index contributed by atoms with van der Waals surface area (Å²) in [5.74, 6) is 0. The highest BCUT2D eigenvalue weighted by molar-refractivity contribution is 6.37. The largest absolute Gasteiger partial charge is 0.418 e. The molecular formula is C13H5Cl2F3N4O6. The van der Waals surface area contributed by atoms with Gasteiger partial charge in [0.15, 0.2) is 0 Å². The zero-order valence-electron chi connectivity index (χ0n) is 13.0. The van der Waals surface area contributed by atoms with Crippen molar-refractivity contribution >= 4 is 51.6 Å². The van der Waals surface area contributed by atoms with E-state index in [1.807, 2.05) is 5.32 Å². The highest BCUT2D eigenvalue weighted by Gasteiger charge is 2.40. The summed E-state index contributed by atoms with van der Waals surface area (Å²) in [6, 6.07) is 2.07. The molecule has 1 N–H and O–H groups in total. The van der Waals surface area contributed by atoms with Crippen LogP contribution in [-0.4, -0.2) is 14.8 Å². The summed E-state index contributed by atoms with van der Waals surface area (Å²) < 4.78 is 40.2. The van der Waals surface area contributed by atoms with Crippen LogP contribution in [0.15, 0.2) is 24.3 Å². The number of nitrogens with one attached hydrogen (secondary N) is 1. The van der Waals surface area contributed by atoms with Crippen LogP contribution in [0.5, 0.6) is 0 Å². The fraction of sp³-hybridized carbons (Fsp3) is 0.0769. The van der Waals surface area contributed by atoms with Crippen molar-refractivity contribution in [3.8, 4) is 0 Å². The molecule has 0 radical (unpaired) electrons. The summed E-state index contributed by atoms with van der Waals surface area (Å²) >= 11 is 11.4. The van der Waals surface area contributed by atoms with Gasteiger partial charge in [-0.15, -0.1) is 0 Å². The number of anilines is 2. The number of halogens is 5. The fourth-order valence-electron chi connectivity index (χ4n) is 2.17. The summed E-state index contributed by atoms with van der Waals surface area (Å²) in [6.45, 7) is 0. The van der Waals surface area contributed by atoms with E-state index in [9.17, 15) is 43.5 Å². The van der Waals surface area contributed by atoms with E-state index in [1.54, 1.807) is 0 Å². The second-order valence-electron chi connectivity index (χ2n) is 5.06. The molecule has 0 aliphatic carbocycles. The van der Waals surface area contributed by atoms with E-state index in [-0.39, 0.29) is 17.2 Å². The quantitative estimate of drug-likeness (QED) is 0.478. The first-order chi connectivity index (χ1) is 12.8. The first-order valence-electron chi connectivity index (χ1n) is 6.77. The number of hydrogen-bond acceptors (Lipinski definition) is 7. The van der Waals surface area contributed by atoms with Gasteiger partial charge in [0.05, 0.1) is 31.4 Å². The van der Waals surface area contributed by atoms with E-state index in [4.69, 9.17) is 23.2 Å². The van der Waals surface area contributed by atoms with E-state index < -0.39 is 60.0 Å². The Morgan fingerprint density at radius 3 is 1.82 bits per heavy atom. The monoisotopic (exact) mass is 440 g/mol. The topological polar surface area (TPSA) is 141 Å². The Labute approximate surface area is 161 Å². The molecule has 0 fully saturated rings. The minimum atomic E-state index is -5.27. The number of rotatable bonds is 5. The summed E-state index contributed by atoms with van der Waals surface area (Å²) in [5.41, 5.74) is -7.14. The van der Waals surface area contributed by atoms with Crippen LogP contribution in [0, 0.1) is 30.3 Å². The maximum Gasteiger partial charge on any atom is 0.418 e. The van der Waals surface area contributed by atoms with Gasteiger partial charge in [0, 0.05) is 17.2 Å². The van der Waals surface area contributed by atoms with E-state index in [0.29, 0.717) is 0 Å². The molecule has 2 rings (SSSR count). The third-order valence-corrected chi connectivity index (χ3v) is 3.81. The molecule has 0 atom stereocenters. The van der Waals surface area contributed by atoms with Crippen LogP contribution < -0.4 is 5.32 Å². The van der Waals surface area contributed by atoms with E-state index in [0.717, 1.165) is 12.1 Å². The summed E-state index contributed by atoms with van der Waals surface area (Å²) in [5, 5.41) is 34.4. The molecule has 0 saturated heterocycles. The summed E-state index contributed by atoms with van der Waals surface area (Å²) in [4.78, 5) is 29.6. The molecule has 0 aliphatic heterocycles. The molecular weight excluding hydrogens is 436 g/mol. The van der Waals surface area contributed by atoms with Gasteiger partial charge in [-0.25, -0.2) is 0 Å². The average Bonchev–Trinajstić information content (AvgIpc) is 2.55. The molecule has 0 spiro atoms. The number of non-ortho nitro benzene ring substituents is 1. The van der Waals surface area contributed by atoms with Crippen molar-refractivity contribution in [2.75, 3.05) is 5.32 Å². The Hall–Kier alpha value is -3.19. The molecule has 0 aromatic heterocycles. The molecule has 0 amide bonds. The number of nitrogens with zero attached hydrogens (tertiary/aromatic N) is 3. The normalized spacial score (nSPS) is 11.2. The Balaban J connectivity index is 2.85. The molecule has 0 saturated carbocycles. The van der Waals surface area contributed by atoms with Crippen molar-refractivity contribution in [1.82, 2.24) is 0 Å². The Morgan fingerprint density at radius 2 is 1.36 bits per heavy atom. The molecule has 10 nitrogen and oxygen atoms in total. The predicted molar refractivity (Wildman–Crippen MR) is 91.2 cm³/mol. The van der Waals surface area contributed by atoms with Gasteiger partial charge in [-0.3, -0.25) is 30.3 Å². The van der Waals surface area contributed by atoms with Crippen LogP contribution in [0.2, 0.25) is 10.0 Å². The second kappa shape index (κ2) is 7.44. The third kappa shape index (κ3) is 4.20. The number of nitro groups is 3. The SMILES string of the molecule is O=[N+]([O-])c1cc([N+](=O)[O-])c(Nc2c(Cl)cc(Cl)cc2[N+](=O)[O-])c(C(F)(F)F)c1. The van der Waals surface area contributed by atoms with Crippen molar-refractivity contribution in [2.45, 2.75) is 6.18 Å². The number of hydrogen-bond donors (Lipinski definition) is 1. The molecule has 28 heavy (non-hydrogen) atoms. The standard InChI is InChI=1S/C13H5Cl2F3N4O6/c14-5-1-8(15)12(9(2-5)21(25)26)19-11-7(13(16,17)18)3-6(20(23)24)4-10(11)22(27)28/h1-4,19H. The maximum absolute atomic E-state index is 13.4. The van der Waals surface area contributed by atoms with Gasteiger partial charge in [0.25, 0.3) is 17.1 Å². The fourth-order valence-corrected chi connectivity index (χ4v) is 2.70. The first-order valence-corrected chi connectivity index (χ1v) is 7.53. The second-order valence-corrected chi connectivity index (χ2v) is 5.91. The number of alkyl halides is 3. The lowest BCUT2D eigenvalue weighted by atomic mass is 10.1. The van der Waals surface area contributed by atoms with Crippen LogP contribution >= 0.6 is 23.2 Å². The van der Waals surface area contributed by atoms with Crippen LogP contribution in [0.1, 0.15) is 5.56 Å². The molecule has 0 aliphatic rings. The van der Waals surface area contributed by atoms with Gasteiger partial charge in [-0.2, -0.15) is 13.2 Å². The Bertz CT molecular complexity index is 1010. The lowest BCUT2D eigenvalue weighted by Crippen LogP contribution is -2.12. The van der Waals surface area contributed by atoms with Crippen LogP contribution in [0.3, 0.4) is 0 Å². The predicted octanol–water partition coefficient (Wildman–Crippen LogP) is 5.48. The van der Waals surface area contributed by atoms with Crippen LogP contribution in [-0.2, 0) is 6.18 Å². The van der Waals surface area contributed by atoms with Gasteiger partial charge < -0.3 is 5.32 Å². The zero-order chi connectivity index (χ0) is 21.4. The van der Waals surface area contributed by atoms with Gasteiger partial charge in [0.2, 0.25) is 0 Å². The lowest BCUT2D eigenvalue weighted by Gasteiger charge is -2.15. The van der Waals surface area contributed by atoms with Crippen molar-refractivity contribution in [3.05, 3.63) is 70.2 Å². The smallest absolute Gasteiger partial charge is 0.343 e. The molecule has 148 valence electrons. The highest BCUT2D eigenvalue weighted by Crippen LogP contribution is 2.46. The summed E-state index contributed by atoms with van der Waals surface area (Å²) in [7, 11) is 0. The van der Waals surface area contributed by atoms with Crippen molar-refractivity contribution in [3.63, 3.8) is 0 Å². The van der Waals surface area contributed by atoms with Gasteiger partial charge in [-0.05, 0) is 6.07 Å². The average molecular weight is 441 g/mol. The summed E-state index contributed by atoms with van der Waals surface area (Å²) in [6.07, 6.45) is -5.27. The highest BCUT2D eigenvalue weighted by atomic mass is 35.5. The maximum atomic E-state index is 13.4. The van der Waals surface area contributed by atoms with Gasteiger partial charge in [0.1, 0.15) is 11.4 Å². The number of nitro benzene ring substituents is 3. The Kier molecular flexibility index (Phi) is 5.61. The van der Waals surface area contributed by atoms with Crippen LogP contribution in [0.25, 0.3) is 0 Å². The molecule has 0 bridgehead atoms. The number of benzene rings is 2. The molecule has 0 heterocycles. The third-order valence-electron chi connectivity index (χ3n) is 3.30. The first kappa shape index (κ1) is 21.1. The minimum Gasteiger partial charge on any atom is -0.343 e. The van der Waals surface area contributed by atoms with Crippen molar-refractivity contribution in [1.29, 1.82) is 0 Å². The van der Waals surface area contributed by atoms with E-state index >= 15 is 0 Å². The molecule has 2 aromatic carbocycles. The van der Waals surface area contributed by atoms with Gasteiger partial charge >= 0.3 is 6.18 Å². The zero-order valence-corrected chi connectivity index (χ0v) is 14.5.